The van der Waals surface area contributed by atoms with Gasteiger partial charge in [-0.1, -0.05) is 29.8 Å². The molecule has 1 heterocycles. The molecule has 6 heteroatoms. The topological polar surface area (TPSA) is 60.7 Å². The Labute approximate surface area is 163 Å². The fourth-order valence-electron chi connectivity index (χ4n) is 3.17. The van der Waals surface area contributed by atoms with Crippen molar-refractivity contribution in [1.29, 1.82) is 0 Å². The molecule has 0 radical (unpaired) electrons. The molecule has 0 aliphatic rings. The van der Waals surface area contributed by atoms with Crippen molar-refractivity contribution in [3.8, 4) is 5.75 Å². The number of hydrogen-bond donors (Lipinski definition) is 1. The Hall–Kier alpha value is -2.50. The molecule has 1 aromatic heterocycles. The van der Waals surface area contributed by atoms with E-state index in [0.29, 0.717) is 42.3 Å². The van der Waals surface area contributed by atoms with Gasteiger partial charge in [-0.25, -0.2) is 4.79 Å². The van der Waals surface area contributed by atoms with Gasteiger partial charge < -0.3 is 19.1 Å². The summed E-state index contributed by atoms with van der Waals surface area (Å²) in [6.45, 7) is 5.38. The minimum Gasteiger partial charge on any atom is -0.508 e. The van der Waals surface area contributed by atoms with Gasteiger partial charge >= 0.3 is 5.97 Å². The van der Waals surface area contributed by atoms with E-state index in [1.165, 1.54) is 0 Å². The maximum absolute atomic E-state index is 12.4. The highest BCUT2D eigenvalue weighted by Crippen LogP contribution is 2.29. The average molecular weight is 388 g/mol. The summed E-state index contributed by atoms with van der Waals surface area (Å²) in [7, 11) is 0. The summed E-state index contributed by atoms with van der Waals surface area (Å²) in [5.41, 5.74) is 3.06. The van der Waals surface area contributed by atoms with Crippen molar-refractivity contribution in [3.63, 3.8) is 0 Å². The first-order valence-electron chi connectivity index (χ1n) is 8.83. The highest BCUT2D eigenvalue weighted by Gasteiger charge is 2.21. The molecule has 0 fully saturated rings. The number of aromatic hydroxyl groups is 1. The number of esters is 1. The molecule has 0 spiro atoms. The van der Waals surface area contributed by atoms with Gasteiger partial charge in [0, 0.05) is 28.2 Å². The molecule has 0 saturated carbocycles. The molecule has 2 aromatic carbocycles. The van der Waals surface area contributed by atoms with Crippen LogP contribution in [0.25, 0.3) is 10.9 Å². The minimum atomic E-state index is -0.388. The van der Waals surface area contributed by atoms with Crippen LogP contribution in [0.4, 0.5) is 0 Å². The second-order valence-corrected chi connectivity index (χ2v) is 6.59. The van der Waals surface area contributed by atoms with E-state index >= 15 is 0 Å². The van der Waals surface area contributed by atoms with E-state index in [1.54, 1.807) is 25.1 Å². The third kappa shape index (κ3) is 4.10. The largest absolute Gasteiger partial charge is 0.508 e. The number of fused-ring (bicyclic) bond motifs is 1. The predicted octanol–water partition coefficient (Wildman–Crippen LogP) is 4.70. The molecular weight excluding hydrogens is 366 g/mol. The zero-order chi connectivity index (χ0) is 19.4. The molecule has 142 valence electrons. The number of rotatable bonds is 7. The Morgan fingerprint density at radius 1 is 1.22 bits per heavy atom. The molecule has 0 aliphatic heterocycles. The van der Waals surface area contributed by atoms with E-state index in [1.807, 2.05) is 35.8 Å². The first-order valence-corrected chi connectivity index (χ1v) is 9.20. The van der Waals surface area contributed by atoms with Gasteiger partial charge in [0.15, 0.2) is 0 Å². The van der Waals surface area contributed by atoms with Gasteiger partial charge in [0.1, 0.15) is 5.75 Å². The fraction of sp³-hybridized carbons (Fsp3) is 0.286. The lowest BCUT2D eigenvalue weighted by Crippen LogP contribution is -2.10. The van der Waals surface area contributed by atoms with E-state index < -0.39 is 0 Å². The number of nitrogens with zero attached hydrogens (tertiary/aromatic N) is 1. The molecule has 1 N–H and O–H groups in total. The van der Waals surface area contributed by atoms with E-state index in [4.69, 9.17) is 21.1 Å². The Kier molecular flexibility index (Phi) is 6.04. The number of halogens is 1. The number of phenols is 1. The molecular formula is C21H22ClNO4. The number of aromatic nitrogens is 1. The second kappa shape index (κ2) is 8.46. The van der Waals surface area contributed by atoms with Crippen molar-refractivity contribution in [1.82, 2.24) is 4.57 Å². The molecule has 0 aliphatic carbocycles. The van der Waals surface area contributed by atoms with Gasteiger partial charge in [0.05, 0.1) is 25.4 Å². The molecule has 0 saturated heterocycles. The van der Waals surface area contributed by atoms with E-state index in [2.05, 4.69) is 0 Å². The van der Waals surface area contributed by atoms with Crippen molar-refractivity contribution in [2.45, 2.75) is 27.0 Å². The summed E-state index contributed by atoms with van der Waals surface area (Å²) in [5, 5.41) is 11.2. The number of benzene rings is 2. The van der Waals surface area contributed by atoms with Crippen LogP contribution in [0.15, 0.2) is 42.5 Å². The van der Waals surface area contributed by atoms with Gasteiger partial charge in [-0.3, -0.25) is 0 Å². The Balaban J connectivity index is 1.81. The second-order valence-electron chi connectivity index (χ2n) is 6.18. The van der Waals surface area contributed by atoms with Crippen LogP contribution >= 0.6 is 11.6 Å². The number of hydrogen-bond acceptors (Lipinski definition) is 4. The van der Waals surface area contributed by atoms with Crippen molar-refractivity contribution in [2.24, 2.45) is 0 Å². The quantitative estimate of drug-likeness (QED) is 0.471. The Morgan fingerprint density at radius 3 is 2.74 bits per heavy atom. The number of ether oxygens (including phenoxy) is 2. The zero-order valence-corrected chi connectivity index (χ0v) is 16.1. The smallest absolute Gasteiger partial charge is 0.340 e. The zero-order valence-electron chi connectivity index (χ0n) is 15.4. The van der Waals surface area contributed by atoms with Crippen molar-refractivity contribution < 1.29 is 19.4 Å². The van der Waals surface area contributed by atoms with Crippen LogP contribution in [0.1, 0.15) is 28.5 Å². The maximum Gasteiger partial charge on any atom is 0.340 e. The number of carbonyl (C=O) groups excluding carboxylic acids is 1. The standard InChI is InChI=1S/C21H22ClNO4/c1-3-27-21(25)20-14(2)23(19-9-8-16(24)12-17(19)20)10-11-26-13-15-6-4-5-7-18(15)22/h4-9,12,24H,3,10-11,13H2,1-2H3. The summed E-state index contributed by atoms with van der Waals surface area (Å²) < 4.78 is 13.0. The fourth-order valence-corrected chi connectivity index (χ4v) is 3.36. The molecule has 0 bridgehead atoms. The van der Waals surface area contributed by atoms with Crippen molar-refractivity contribution in [2.75, 3.05) is 13.2 Å². The van der Waals surface area contributed by atoms with Crippen LogP contribution in [0.5, 0.6) is 5.75 Å². The summed E-state index contributed by atoms with van der Waals surface area (Å²) in [5.74, 6) is -0.276. The third-order valence-corrected chi connectivity index (χ3v) is 4.83. The molecule has 0 amide bonds. The highest BCUT2D eigenvalue weighted by molar-refractivity contribution is 6.31. The van der Waals surface area contributed by atoms with Crippen molar-refractivity contribution >= 4 is 28.5 Å². The SMILES string of the molecule is CCOC(=O)c1c(C)n(CCOCc2ccccc2Cl)c2ccc(O)cc12. The van der Waals surface area contributed by atoms with Crippen LogP contribution in [-0.4, -0.2) is 28.9 Å². The minimum absolute atomic E-state index is 0.111. The summed E-state index contributed by atoms with van der Waals surface area (Å²) >= 11 is 6.15. The summed E-state index contributed by atoms with van der Waals surface area (Å²) in [4.78, 5) is 12.4. The lowest BCUT2D eigenvalue weighted by molar-refractivity contribution is 0.0527. The van der Waals surface area contributed by atoms with Gasteiger partial charge in [0.2, 0.25) is 0 Å². The van der Waals surface area contributed by atoms with Crippen LogP contribution in [-0.2, 0) is 22.6 Å². The van der Waals surface area contributed by atoms with Crippen molar-refractivity contribution in [3.05, 3.63) is 64.3 Å². The molecule has 27 heavy (non-hydrogen) atoms. The van der Waals surface area contributed by atoms with Crippen LogP contribution in [0, 0.1) is 6.92 Å². The van der Waals surface area contributed by atoms with Gasteiger partial charge in [0.25, 0.3) is 0 Å². The maximum atomic E-state index is 12.4. The number of phenolic OH excluding ortho intramolecular Hbond substituents is 1. The van der Waals surface area contributed by atoms with E-state index in [9.17, 15) is 9.90 Å². The molecule has 5 nitrogen and oxygen atoms in total. The summed E-state index contributed by atoms with van der Waals surface area (Å²) in [6, 6.07) is 12.6. The Morgan fingerprint density at radius 2 is 2.00 bits per heavy atom. The van der Waals surface area contributed by atoms with E-state index in [0.717, 1.165) is 16.8 Å². The first kappa shape index (κ1) is 19.3. The predicted molar refractivity (Wildman–Crippen MR) is 105 cm³/mol. The average Bonchev–Trinajstić information content (AvgIpc) is 2.91. The van der Waals surface area contributed by atoms with Crippen LogP contribution in [0.2, 0.25) is 5.02 Å². The normalized spacial score (nSPS) is 11.1. The summed E-state index contributed by atoms with van der Waals surface area (Å²) in [6.07, 6.45) is 0. The lowest BCUT2D eigenvalue weighted by atomic mass is 10.1. The van der Waals surface area contributed by atoms with E-state index in [-0.39, 0.29) is 11.7 Å². The monoisotopic (exact) mass is 387 g/mol. The molecule has 0 unspecified atom stereocenters. The highest BCUT2D eigenvalue weighted by atomic mass is 35.5. The Bertz CT molecular complexity index is 964. The number of carbonyl (C=O) groups is 1. The molecule has 0 atom stereocenters. The van der Waals surface area contributed by atoms with Crippen LogP contribution < -0.4 is 0 Å². The van der Waals surface area contributed by atoms with Crippen LogP contribution in [0.3, 0.4) is 0 Å². The first-order chi connectivity index (χ1) is 13.0. The lowest BCUT2D eigenvalue weighted by Gasteiger charge is -2.10. The molecule has 3 rings (SSSR count). The van der Waals surface area contributed by atoms with Gasteiger partial charge in [-0.05, 0) is 43.7 Å². The third-order valence-electron chi connectivity index (χ3n) is 4.46. The molecule has 3 aromatic rings. The van der Waals surface area contributed by atoms with Gasteiger partial charge in [-0.2, -0.15) is 0 Å². The van der Waals surface area contributed by atoms with Gasteiger partial charge in [-0.15, -0.1) is 0 Å².